The molecule has 3 aromatic rings. The summed E-state index contributed by atoms with van der Waals surface area (Å²) in [6.45, 7) is 3.35. The molecule has 0 aliphatic carbocycles. The average molecular weight is 355 g/mol. The van der Waals surface area contributed by atoms with Crippen molar-refractivity contribution in [2.24, 2.45) is 0 Å². The highest BCUT2D eigenvalue weighted by Crippen LogP contribution is 2.43. The zero-order chi connectivity index (χ0) is 18.5. The second kappa shape index (κ2) is 6.14. The smallest absolute Gasteiger partial charge is 0.164 e. The van der Waals surface area contributed by atoms with E-state index in [4.69, 9.17) is 4.74 Å². The molecule has 136 valence electrons. The summed E-state index contributed by atoms with van der Waals surface area (Å²) in [4.78, 5) is 8.43. The van der Waals surface area contributed by atoms with Crippen LogP contribution < -0.4 is 0 Å². The van der Waals surface area contributed by atoms with E-state index in [2.05, 4.69) is 9.97 Å². The number of fused-ring (bicyclic) bond motifs is 1. The van der Waals surface area contributed by atoms with Crippen LogP contribution in [0.1, 0.15) is 30.5 Å². The van der Waals surface area contributed by atoms with Crippen molar-refractivity contribution in [1.82, 2.24) is 14.5 Å². The first-order valence-corrected chi connectivity index (χ1v) is 8.48. The molecule has 7 heteroatoms. The molecule has 1 aliphatic rings. The van der Waals surface area contributed by atoms with Crippen LogP contribution in [-0.2, 0) is 4.74 Å². The van der Waals surface area contributed by atoms with Gasteiger partial charge in [-0.15, -0.1) is 0 Å². The highest BCUT2D eigenvalue weighted by Gasteiger charge is 2.55. The lowest BCUT2D eigenvalue weighted by molar-refractivity contribution is -0.115. The topological polar surface area (TPSA) is 101 Å². The van der Waals surface area contributed by atoms with Gasteiger partial charge >= 0.3 is 0 Å². The van der Waals surface area contributed by atoms with Crippen LogP contribution in [0.4, 0.5) is 0 Å². The largest absolute Gasteiger partial charge is 0.386 e. The number of hydrogen-bond donors (Lipinski definition) is 3. The minimum Gasteiger partial charge on any atom is -0.386 e. The number of aromatic nitrogens is 3. The third-order valence-electron chi connectivity index (χ3n) is 5.14. The van der Waals surface area contributed by atoms with Gasteiger partial charge in [0.15, 0.2) is 6.23 Å². The second-order valence-electron chi connectivity index (χ2n) is 6.89. The third-order valence-corrected chi connectivity index (χ3v) is 5.14. The van der Waals surface area contributed by atoms with Crippen LogP contribution in [0.2, 0.25) is 0 Å². The van der Waals surface area contributed by atoms with Gasteiger partial charge in [0.2, 0.25) is 0 Å². The molecule has 1 aromatic carbocycles. The van der Waals surface area contributed by atoms with Gasteiger partial charge in [-0.25, -0.2) is 9.97 Å². The Bertz CT molecular complexity index is 925. The normalized spacial score (nSPS) is 30.0. The van der Waals surface area contributed by atoms with Gasteiger partial charge in [0.25, 0.3) is 0 Å². The van der Waals surface area contributed by atoms with Crippen molar-refractivity contribution in [2.45, 2.75) is 44.0 Å². The molecule has 26 heavy (non-hydrogen) atoms. The van der Waals surface area contributed by atoms with E-state index in [9.17, 15) is 15.3 Å². The first-order valence-electron chi connectivity index (χ1n) is 8.48. The van der Waals surface area contributed by atoms with Gasteiger partial charge in [-0.1, -0.05) is 30.3 Å². The SMILES string of the molecule is Cc1ncnc2c1ccn2[C@@H]1O[C@H]([C@@H](O)c2ccccc2)[C@@](C)(O)[C@H]1O. The Kier molecular flexibility index (Phi) is 4.04. The Labute approximate surface area is 150 Å². The van der Waals surface area contributed by atoms with Crippen molar-refractivity contribution in [3.63, 3.8) is 0 Å². The number of rotatable bonds is 3. The van der Waals surface area contributed by atoms with Crippen LogP contribution in [-0.4, -0.2) is 47.7 Å². The molecule has 0 unspecified atom stereocenters. The first kappa shape index (κ1) is 17.1. The van der Waals surface area contributed by atoms with Gasteiger partial charge in [-0.05, 0) is 25.5 Å². The third kappa shape index (κ3) is 2.52. The van der Waals surface area contributed by atoms with Crippen LogP contribution in [0.3, 0.4) is 0 Å². The van der Waals surface area contributed by atoms with Crippen molar-refractivity contribution >= 4 is 11.0 Å². The molecule has 0 bridgehead atoms. The Morgan fingerprint density at radius 3 is 2.65 bits per heavy atom. The maximum absolute atomic E-state index is 10.9. The summed E-state index contributed by atoms with van der Waals surface area (Å²) in [6.07, 6.45) is -0.997. The van der Waals surface area contributed by atoms with Crippen molar-refractivity contribution in [2.75, 3.05) is 0 Å². The van der Waals surface area contributed by atoms with Gasteiger partial charge in [0, 0.05) is 11.6 Å². The Morgan fingerprint density at radius 2 is 1.92 bits per heavy atom. The number of aryl methyl sites for hydroxylation is 1. The lowest BCUT2D eigenvalue weighted by Crippen LogP contribution is -2.47. The fourth-order valence-corrected chi connectivity index (χ4v) is 3.56. The van der Waals surface area contributed by atoms with E-state index in [0.717, 1.165) is 11.1 Å². The monoisotopic (exact) mass is 355 g/mol. The Hall–Kier alpha value is -2.32. The van der Waals surface area contributed by atoms with E-state index >= 15 is 0 Å². The summed E-state index contributed by atoms with van der Waals surface area (Å²) >= 11 is 0. The maximum Gasteiger partial charge on any atom is 0.164 e. The van der Waals surface area contributed by atoms with Gasteiger partial charge in [0.05, 0.1) is 5.69 Å². The molecular formula is C19H21N3O4. The number of benzene rings is 1. The van der Waals surface area contributed by atoms with E-state index in [0.29, 0.717) is 11.2 Å². The van der Waals surface area contributed by atoms with Crippen LogP contribution in [0.15, 0.2) is 48.9 Å². The van der Waals surface area contributed by atoms with E-state index in [1.807, 2.05) is 19.1 Å². The molecule has 1 aliphatic heterocycles. The highest BCUT2D eigenvalue weighted by atomic mass is 16.6. The van der Waals surface area contributed by atoms with Crippen LogP contribution in [0.5, 0.6) is 0 Å². The van der Waals surface area contributed by atoms with Crippen LogP contribution in [0, 0.1) is 6.92 Å². The molecular weight excluding hydrogens is 334 g/mol. The first-order chi connectivity index (χ1) is 12.4. The lowest BCUT2D eigenvalue weighted by atomic mass is 9.88. The fourth-order valence-electron chi connectivity index (χ4n) is 3.56. The maximum atomic E-state index is 10.9. The predicted octanol–water partition coefficient (Wildman–Crippen LogP) is 1.48. The summed E-state index contributed by atoms with van der Waals surface area (Å²) in [5, 5.41) is 33.2. The Morgan fingerprint density at radius 1 is 1.19 bits per heavy atom. The van der Waals surface area contributed by atoms with Crippen molar-refractivity contribution in [1.29, 1.82) is 0 Å². The van der Waals surface area contributed by atoms with Crippen molar-refractivity contribution < 1.29 is 20.1 Å². The minimum absolute atomic E-state index is 0.604. The molecule has 1 fully saturated rings. The zero-order valence-electron chi connectivity index (χ0n) is 14.5. The molecule has 0 spiro atoms. The minimum atomic E-state index is -1.64. The van der Waals surface area contributed by atoms with Crippen molar-refractivity contribution in [3.05, 3.63) is 60.2 Å². The summed E-state index contributed by atoms with van der Waals surface area (Å²) in [5.41, 5.74) is 0.390. The lowest BCUT2D eigenvalue weighted by Gasteiger charge is -2.29. The molecule has 1 saturated heterocycles. The van der Waals surface area contributed by atoms with E-state index in [1.54, 1.807) is 35.0 Å². The summed E-state index contributed by atoms with van der Waals surface area (Å²) in [6, 6.07) is 10.8. The molecule has 5 atom stereocenters. The highest BCUT2D eigenvalue weighted by molar-refractivity contribution is 5.78. The number of aliphatic hydroxyl groups excluding tert-OH is 2. The molecule has 2 aromatic heterocycles. The molecule has 0 saturated carbocycles. The molecule has 7 nitrogen and oxygen atoms in total. The van der Waals surface area contributed by atoms with E-state index < -0.39 is 30.1 Å². The zero-order valence-corrected chi connectivity index (χ0v) is 14.5. The van der Waals surface area contributed by atoms with Gasteiger partial charge in [-0.2, -0.15) is 0 Å². The predicted molar refractivity (Wildman–Crippen MR) is 94.2 cm³/mol. The number of aliphatic hydroxyl groups is 3. The number of ether oxygens (including phenoxy) is 1. The summed E-state index contributed by atoms with van der Waals surface area (Å²) in [7, 11) is 0. The molecule has 0 amide bonds. The summed E-state index contributed by atoms with van der Waals surface area (Å²) in [5.74, 6) is 0. The standard InChI is InChI=1S/C19H21N3O4/c1-11-13-8-9-22(17(13)21-10-20-11)18-15(24)19(2,25)16(26-18)14(23)12-6-4-3-5-7-12/h3-10,14-16,18,23-25H,1-2H3/t14-,15-,16+,18+,19-/m0/s1. The number of nitrogens with zero attached hydrogens (tertiary/aromatic N) is 3. The number of hydrogen-bond acceptors (Lipinski definition) is 6. The van der Waals surface area contributed by atoms with E-state index in [-0.39, 0.29) is 0 Å². The molecule has 3 N–H and O–H groups in total. The quantitative estimate of drug-likeness (QED) is 0.658. The van der Waals surface area contributed by atoms with Gasteiger partial charge in [-0.3, -0.25) is 0 Å². The molecule has 3 heterocycles. The second-order valence-corrected chi connectivity index (χ2v) is 6.89. The average Bonchev–Trinajstić information content (AvgIpc) is 3.16. The van der Waals surface area contributed by atoms with Gasteiger partial charge in [0.1, 0.15) is 35.9 Å². The van der Waals surface area contributed by atoms with Crippen LogP contribution >= 0.6 is 0 Å². The van der Waals surface area contributed by atoms with Crippen molar-refractivity contribution in [3.8, 4) is 0 Å². The van der Waals surface area contributed by atoms with Gasteiger partial charge < -0.3 is 24.6 Å². The fraction of sp³-hybridized carbons (Fsp3) is 0.368. The van der Waals surface area contributed by atoms with E-state index in [1.165, 1.54) is 13.3 Å². The molecule has 4 rings (SSSR count). The molecule has 0 radical (unpaired) electrons. The summed E-state index contributed by atoms with van der Waals surface area (Å²) < 4.78 is 7.62. The Balaban J connectivity index is 1.72. The van der Waals surface area contributed by atoms with Crippen LogP contribution in [0.25, 0.3) is 11.0 Å².